The summed E-state index contributed by atoms with van der Waals surface area (Å²) < 4.78 is 23.5. The van der Waals surface area contributed by atoms with Crippen LogP contribution < -0.4 is 10.9 Å². The molecule has 0 saturated heterocycles. The van der Waals surface area contributed by atoms with Gasteiger partial charge in [0.15, 0.2) is 0 Å². The van der Waals surface area contributed by atoms with E-state index in [-0.39, 0.29) is 22.9 Å². The van der Waals surface area contributed by atoms with Gasteiger partial charge in [-0.05, 0) is 69.2 Å². The first-order valence-electron chi connectivity index (χ1n) is 13.1. The maximum atomic E-state index is 13.8. The molecule has 0 aliphatic carbocycles. The highest BCUT2D eigenvalue weighted by Crippen LogP contribution is 2.35. The summed E-state index contributed by atoms with van der Waals surface area (Å²) in [5.74, 6) is -0.0792. The van der Waals surface area contributed by atoms with Crippen LogP contribution in [0, 0.1) is 18.7 Å². The third kappa shape index (κ3) is 5.33. The molecule has 0 spiro atoms. The number of nitrogens with one attached hydrogen (secondary N) is 1. The highest BCUT2D eigenvalue weighted by atomic mass is 19.1. The van der Waals surface area contributed by atoms with Crippen LogP contribution in [-0.2, 0) is 17.8 Å². The number of para-hydroxylation sites is 1. The lowest BCUT2D eigenvalue weighted by molar-refractivity contribution is -0.0394. The van der Waals surface area contributed by atoms with Crippen molar-refractivity contribution in [2.75, 3.05) is 13.2 Å². The van der Waals surface area contributed by atoms with Crippen LogP contribution in [0.2, 0.25) is 0 Å². The van der Waals surface area contributed by atoms with Crippen molar-refractivity contribution in [3.8, 4) is 28.2 Å². The fourth-order valence-electron chi connectivity index (χ4n) is 4.69. The van der Waals surface area contributed by atoms with Gasteiger partial charge in [0.25, 0.3) is 5.56 Å². The Morgan fingerprint density at radius 1 is 1.08 bits per heavy atom. The van der Waals surface area contributed by atoms with Crippen molar-refractivity contribution in [3.05, 3.63) is 88.1 Å². The van der Waals surface area contributed by atoms with Crippen LogP contribution in [0.3, 0.4) is 0 Å². The number of fused-ring (bicyclic) bond motifs is 1. The predicted molar refractivity (Wildman–Crippen MR) is 147 cm³/mol. The standard InChI is InChI=1S/C30H34FN5O2/c1-5-30(3,4)38-19-21-16-32-17-26-28(29(34-35(26)18-21)22-10-12-23(31)13-11-22)24-14-15-27(37)36(33-24)25-9-7-6-8-20(25)2/h6-15,21,32H,5,16-19H2,1-4H3. The second-order valence-corrected chi connectivity index (χ2v) is 10.5. The number of hydrogen-bond acceptors (Lipinski definition) is 5. The Bertz CT molecular complexity index is 1490. The van der Waals surface area contributed by atoms with E-state index in [4.69, 9.17) is 14.9 Å². The van der Waals surface area contributed by atoms with E-state index in [1.165, 1.54) is 16.8 Å². The normalized spacial score (nSPS) is 15.8. The van der Waals surface area contributed by atoms with Gasteiger partial charge in [0, 0.05) is 37.2 Å². The van der Waals surface area contributed by atoms with E-state index in [9.17, 15) is 9.18 Å². The summed E-state index contributed by atoms with van der Waals surface area (Å²) in [5.41, 5.74) is 5.23. The number of halogens is 1. The monoisotopic (exact) mass is 515 g/mol. The van der Waals surface area contributed by atoms with E-state index in [1.807, 2.05) is 35.9 Å². The first-order valence-corrected chi connectivity index (χ1v) is 13.1. The molecule has 8 heteroatoms. The third-order valence-electron chi connectivity index (χ3n) is 7.29. The molecule has 0 amide bonds. The van der Waals surface area contributed by atoms with Crippen LogP contribution in [0.1, 0.15) is 38.4 Å². The van der Waals surface area contributed by atoms with Gasteiger partial charge in [-0.25, -0.2) is 4.39 Å². The van der Waals surface area contributed by atoms with Crippen LogP contribution >= 0.6 is 0 Å². The smallest absolute Gasteiger partial charge is 0.271 e. The summed E-state index contributed by atoms with van der Waals surface area (Å²) in [7, 11) is 0. The van der Waals surface area contributed by atoms with Gasteiger partial charge in [-0.1, -0.05) is 25.1 Å². The average molecular weight is 516 g/mol. The molecule has 1 atom stereocenters. The minimum atomic E-state index is -0.306. The Morgan fingerprint density at radius 2 is 1.84 bits per heavy atom. The summed E-state index contributed by atoms with van der Waals surface area (Å²) in [6.45, 7) is 11.0. The Kier molecular flexibility index (Phi) is 7.27. The van der Waals surface area contributed by atoms with Crippen molar-refractivity contribution in [1.29, 1.82) is 0 Å². The van der Waals surface area contributed by atoms with Crippen molar-refractivity contribution in [1.82, 2.24) is 24.9 Å². The largest absolute Gasteiger partial charge is 0.375 e. The number of hydrogen-bond donors (Lipinski definition) is 1. The number of nitrogens with zero attached hydrogens (tertiary/aromatic N) is 4. The van der Waals surface area contributed by atoms with Crippen molar-refractivity contribution >= 4 is 0 Å². The summed E-state index contributed by atoms with van der Waals surface area (Å²) in [6.07, 6.45) is 0.932. The van der Waals surface area contributed by atoms with Gasteiger partial charge in [0.1, 0.15) is 11.5 Å². The van der Waals surface area contributed by atoms with E-state index < -0.39 is 0 Å². The Hall–Kier alpha value is -3.62. The summed E-state index contributed by atoms with van der Waals surface area (Å²) in [6, 6.07) is 17.3. The minimum Gasteiger partial charge on any atom is -0.375 e. The van der Waals surface area contributed by atoms with Gasteiger partial charge in [-0.3, -0.25) is 9.48 Å². The third-order valence-corrected chi connectivity index (χ3v) is 7.29. The van der Waals surface area contributed by atoms with E-state index >= 15 is 0 Å². The molecule has 198 valence electrons. The topological polar surface area (TPSA) is 74.0 Å². The molecule has 0 radical (unpaired) electrons. The molecule has 3 heterocycles. The van der Waals surface area contributed by atoms with Gasteiger partial charge >= 0.3 is 0 Å². The van der Waals surface area contributed by atoms with Gasteiger partial charge in [-0.15, -0.1) is 0 Å². The Balaban J connectivity index is 1.61. The molecule has 4 aromatic rings. The molecule has 1 N–H and O–H groups in total. The molecule has 1 unspecified atom stereocenters. The number of ether oxygens (including phenoxy) is 1. The zero-order valence-electron chi connectivity index (χ0n) is 22.4. The quantitative estimate of drug-likeness (QED) is 0.369. The van der Waals surface area contributed by atoms with Crippen molar-refractivity contribution in [2.45, 2.75) is 52.8 Å². The fraction of sp³-hybridized carbons (Fsp3) is 0.367. The predicted octanol–water partition coefficient (Wildman–Crippen LogP) is 5.14. The Morgan fingerprint density at radius 3 is 2.58 bits per heavy atom. The minimum absolute atomic E-state index is 0.184. The molecule has 38 heavy (non-hydrogen) atoms. The Labute approximate surface area is 222 Å². The average Bonchev–Trinajstić information content (AvgIpc) is 3.13. The van der Waals surface area contributed by atoms with Crippen molar-refractivity contribution < 1.29 is 9.13 Å². The van der Waals surface area contributed by atoms with E-state index in [0.29, 0.717) is 31.1 Å². The number of benzene rings is 2. The fourth-order valence-corrected chi connectivity index (χ4v) is 4.69. The molecule has 2 aromatic heterocycles. The summed E-state index contributed by atoms with van der Waals surface area (Å²) >= 11 is 0. The lowest BCUT2D eigenvalue weighted by atomic mass is 10.0. The van der Waals surface area contributed by atoms with Gasteiger partial charge in [-0.2, -0.15) is 14.9 Å². The molecule has 0 fully saturated rings. The maximum absolute atomic E-state index is 13.8. The van der Waals surface area contributed by atoms with Crippen LogP contribution in [-0.4, -0.2) is 38.3 Å². The van der Waals surface area contributed by atoms with Gasteiger partial charge in [0.2, 0.25) is 0 Å². The molecule has 5 rings (SSSR count). The first kappa shape index (κ1) is 26.0. The second-order valence-electron chi connectivity index (χ2n) is 10.5. The van der Waals surface area contributed by atoms with Crippen LogP contribution in [0.25, 0.3) is 28.2 Å². The highest BCUT2D eigenvalue weighted by Gasteiger charge is 2.27. The zero-order chi connectivity index (χ0) is 26.9. The van der Waals surface area contributed by atoms with Crippen molar-refractivity contribution in [2.24, 2.45) is 5.92 Å². The maximum Gasteiger partial charge on any atom is 0.271 e. The van der Waals surface area contributed by atoms with E-state index in [2.05, 4.69) is 26.1 Å². The van der Waals surface area contributed by atoms with Crippen LogP contribution in [0.5, 0.6) is 0 Å². The van der Waals surface area contributed by atoms with Crippen LogP contribution in [0.15, 0.2) is 65.5 Å². The number of aromatic nitrogens is 4. The molecular formula is C30H34FN5O2. The van der Waals surface area contributed by atoms with E-state index in [1.54, 1.807) is 24.3 Å². The molecule has 0 bridgehead atoms. The summed E-state index contributed by atoms with van der Waals surface area (Å²) in [4.78, 5) is 12.9. The van der Waals surface area contributed by atoms with Crippen LogP contribution in [0.4, 0.5) is 4.39 Å². The first-order chi connectivity index (χ1) is 18.3. The lowest BCUT2D eigenvalue weighted by Crippen LogP contribution is -2.31. The molecule has 1 aliphatic heterocycles. The molecule has 2 aromatic carbocycles. The highest BCUT2D eigenvalue weighted by molar-refractivity contribution is 5.81. The van der Waals surface area contributed by atoms with Gasteiger partial charge in [0.05, 0.1) is 34.8 Å². The van der Waals surface area contributed by atoms with Crippen molar-refractivity contribution in [3.63, 3.8) is 0 Å². The number of rotatable bonds is 7. The zero-order valence-corrected chi connectivity index (χ0v) is 22.4. The van der Waals surface area contributed by atoms with E-state index in [0.717, 1.165) is 41.0 Å². The second kappa shape index (κ2) is 10.6. The molecular weight excluding hydrogens is 481 g/mol. The molecule has 0 saturated carbocycles. The number of aryl methyl sites for hydroxylation is 1. The molecule has 7 nitrogen and oxygen atoms in total. The molecule has 1 aliphatic rings. The van der Waals surface area contributed by atoms with Gasteiger partial charge < -0.3 is 10.1 Å². The lowest BCUT2D eigenvalue weighted by Gasteiger charge is -2.26. The SMILES string of the molecule is CCC(C)(C)OCC1CNCc2c(-c3ccc(=O)n(-c4ccccc4C)n3)c(-c3ccc(F)cc3)nn2C1. The summed E-state index contributed by atoms with van der Waals surface area (Å²) in [5, 5.41) is 13.4.